The Morgan fingerprint density at radius 2 is 2.12 bits per heavy atom. The molecule has 82 valence electrons. The van der Waals surface area contributed by atoms with Crippen molar-refractivity contribution >= 4 is 23.4 Å². The minimum absolute atomic E-state index is 0.745. The fourth-order valence-electron chi connectivity index (χ4n) is 1.70. The average molecular weight is 223 g/mol. The number of nitrogens with zero attached hydrogens (tertiary/aromatic N) is 5. The Kier molecular flexibility index (Phi) is 2.15. The molecule has 0 aliphatic carbocycles. The van der Waals surface area contributed by atoms with Crippen molar-refractivity contribution in [3.05, 3.63) is 43.1 Å². The van der Waals surface area contributed by atoms with Crippen molar-refractivity contribution in [2.24, 2.45) is 4.99 Å². The third-order valence-corrected chi connectivity index (χ3v) is 2.51. The highest BCUT2D eigenvalue weighted by Crippen LogP contribution is 2.21. The van der Waals surface area contributed by atoms with Crippen LogP contribution in [0.25, 0.3) is 16.9 Å². The third kappa shape index (κ3) is 1.57. The van der Waals surface area contributed by atoms with E-state index in [2.05, 4.69) is 26.7 Å². The van der Waals surface area contributed by atoms with Gasteiger partial charge in [0.25, 0.3) is 0 Å². The zero-order valence-corrected chi connectivity index (χ0v) is 8.98. The quantitative estimate of drug-likeness (QED) is 0.625. The Morgan fingerprint density at radius 1 is 1.18 bits per heavy atom. The predicted octanol–water partition coefficient (Wildman–Crippen LogP) is 2.15. The van der Waals surface area contributed by atoms with E-state index in [9.17, 15) is 0 Å². The number of rotatable bonds is 2. The Labute approximate surface area is 97.5 Å². The summed E-state index contributed by atoms with van der Waals surface area (Å²) in [4.78, 5) is 16.5. The molecule has 3 aromatic rings. The molecule has 2 heterocycles. The highest BCUT2D eigenvalue weighted by atomic mass is 15.1. The lowest BCUT2D eigenvalue weighted by molar-refractivity contribution is 0.996. The summed E-state index contributed by atoms with van der Waals surface area (Å²) in [5.41, 5.74) is 2.64. The number of aromatic nitrogens is 4. The summed E-state index contributed by atoms with van der Waals surface area (Å²) in [6.45, 7) is 3.50. The first-order valence-electron chi connectivity index (χ1n) is 5.09. The van der Waals surface area contributed by atoms with Crippen molar-refractivity contribution in [3.8, 4) is 5.82 Å². The first kappa shape index (κ1) is 9.65. The van der Waals surface area contributed by atoms with Crippen LogP contribution in [0.2, 0.25) is 0 Å². The molecule has 0 radical (unpaired) electrons. The molecular formula is C12H9N5. The van der Waals surface area contributed by atoms with E-state index in [1.165, 1.54) is 0 Å². The fraction of sp³-hybridized carbons (Fsp3) is 0. The number of benzene rings is 1. The molecule has 0 fully saturated rings. The van der Waals surface area contributed by atoms with E-state index in [4.69, 9.17) is 0 Å². The van der Waals surface area contributed by atoms with E-state index in [1.807, 2.05) is 22.8 Å². The number of aliphatic imine (C=N–C) groups is 1. The lowest BCUT2D eigenvalue weighted by Gasteiger charge is -2.01. The van der Waals surface area contributed by atoms with E-state index >= 15 is 0 Å². The number of hydrogen-bond acceptors (Lipinski definition) is 4. The summed E-state index contributed by atoms with van der Waals surface area (Å²) in [5.74, 6) is 0.745. The molecule has 0 saturated heterocycles. The molecule has 0 spiro atoms. The number of imidazole rings is 1. The van der Waals surface area contributed by atoms with Crippen LogP contribution >= 0.6 is 0 Å². The first-order valence-corrected chi connectivity index (χ1v) is 5.09. The molecule has 0 amide bonds. The second-order valence-electron chi connectivity index (χ2n) is 3.51. The second kappa shape index (κ2) is 3.79. The summed E-state index contributed by atoms with van der Waals surface area (Å²) in [5, 5.41) is 0. The summed E-state index contributed by atoms with van der Waals surface area (Å²) >= 11 is 0. The van der Waals surface area contributed by atoms with E-state index < -0.39 is 0 Å². The van der Waals surface area contributed by atoms with Crippen LogP contribution in [0.15, 0.2) is 48.1 Å². The van der Waals surface area contributed by atoms with E-state index in [0.717, 1.165) is 22.5 Å². The van der Waals surface area contributed by atoms with Crippen LogP contribution in [0.1, 0.15) is 0 Å². The third-order valence-electron chi connectivity index (χ3n) is 2.51. The number of fused-ring (bicyclic) bond motifs is 1. The zero-order chi connectivity index (χ0) is 11.7. The predicted molar refractivity (Wildman–Crippen MR) is 65.9 cm³/mol. The SMILES string of the molecule is C=Nc1ccc2c(c1)ncn2-c1cnccn1. The van der Waals surface area contributed by atoms with Crippen molar-refractivity contribution < 1.29 is 0 Å². The molecule has 0 N–H and O–H groups in total. The molecule has 0 atom stereocenters. The second-order valence-corrected chi connectivity index (χ2v) is 3.51. The highest BCUT2D eigenvalue weighted by Gasteiger charge is 2.05. The smallest absolute Gasteiger partial charge is 0.156 e. The highest BCUT2D eigenvalue weighted by molar-refractivity contribution is 5.80. The fourth-order valence-corrected chi connectivity index (χ4v) is 1.70. The largest absolute Gasteiger partial charge is 0.282 e. The molecule has 1 aromatic carbocycles. The van der Waals surface area contributed by atoms with Crippen molar-refractivity contribution in [2.45, 2.75) is 0 Å². The van der Waals surface area contributed by atoms with Gasteiger partial charge in [-0.15, -0.1) is 0 Å². The van der Waals surface area contributed by atoms with Gasteiger partial charge in [-0.25, -0.2) is 9.97 Å². The normalized spacial score (nSPS) is 10.6. The van der Waals surface area contributed by atoms with E-state index in [1.54, 1.807) is 24.9 Å². The average Bonchev–Trinajstić information content (AvgIpc) is 2.82. The van der Waals surface area contributed by atoms with Crippen molar-refractivity contribution in [1.82, 2.24) is 19.5 Å². The molecule has 0 bridgehead atoms. The molecule has 2 aromatic heterocycles. The van der Waals surface area contributed by atoms with Crippen molar-refractivity contribution in [1.29, 1.82) is 0 Å². The van der Waals surface area contributed by atoms with Gasteiger partial charge in [0.1, 0.15) is 6.33 Å². The monoisotopic (exact) mass is 223 g/mol. The summed E-state index contributed by atoms with van der Waals surface area (Å²) in [6.07, 6.45) is 6.71. The van der Waals surface area contributed by atoms with Gasteiger partial charge in [0.15, 0.2) is 5.82 Å². The van der Waals surface area contributed by atoms with Gasteiger partial charge in [0.2, 0.25) is 0 Å². The van der Waals surface area contributed by atoms with Crippen LogP contribution in [0.5, 0.6) is 0 Å². The number of hydrogen-bond donors (Lipinski definition) is 0. The minimum Gasteiger partial charge on any atom is -0.282 e. The molecule has 3 rings (SSSR count). The standard InChI is InChI=1S/C12H9N5/c1-13-9-2-3-11-10(6-9)16-8-17(11)12-7-14-4-5-15-12/h2-8H,1H2. The van der Waals surface area contributed by atoms with Gasteiger partial charge < -0.3 is 0 Å². The molecule has 5 heteroatoms. The Bertz CT molecular complexity index is 672. The topological polar surface area (TPSA) is 56.0 Å². The van der Waals surface area contributed by atoms with Crippen LogP contribution in [0.4, 0.5) is 5.69 Å². The molecule has 5 nitrogen and oxygen atoms in total. The van der Waals surface area contributed by atoms with Gasteiger partial charge in [-0.1, -0.05) is 0 Å². The van der Waals surface area contributed by atoms with Crippen LogP contribution in [0, 0.1) is 0 Å². The van der Waals surface area contributed by atoms with Gasteiger partial charge in [-0.3, -0.25) is 14.5 Å². The molecule has 0 aliphatic heterocycles. The Hall–Kier alpha value is -2.56. The van der Waals surface area contributed by atoms with Gasteiger partial charge in [0.05, 0.1) is 22.9 Å². The van der Waals surface area contributed by atoms with Crippen LogP contribution < -0.4 is 0 Å². The van der Waals surface area contributed by atoms with Gasteiger partial charge >= 0.3 is 0 Å². The summed E-state index contributed by atoms with van der Waals surface area (Å²) in [7, 11) is 0. The summed E-state index contributed by atoms with van der Waals surface area (Å²) in [6, 6.07) is 5.72. The van der Waals surface area contributed by atoms with Gasteiger partial charge in [-0.05, 0) is 24.9 Å². The van der Waals surface area contributed by atoms with Crippen LogP contribution in [-0.4, -0.2) is 26.2 Å². The van der Waals surface area contributed by atoms with E-state index in [-0.39, 0.29) is 0 Å². The first-order chi connectivity index (χ1) is 8.38. The maximum Gasteiger partial charge on any atom is 0.156 e. The van der Waals surface area contributed by atoms with Gasteiger partial charge in [-0.2, -0.15) is 0 Å². The molecule has 17 heavy (non-hydrogen) atoms. The molecule has 0 aliphatic rings. The van der Waals surface area contributed by atoms with Crippen LogP contribution in [-0.2, 0) is 0 Å². The maximum absolute atomic E-state index is 4.31. The molecule has 0 saturated carbocycles. The molecule has 0 unspecified atom stereocenters. The van der Waals surface area contributed by atoms with Crippen molar-refractivity contribution in [2.75, 3.05) is 0 Å². The lowest BCUT2D eigenvalue weighted by Crippen LogP contribution is -1.95. The Morgan fingerprint density at radius 3 is 2.88 bits per heavy atom. The zero-order valence-electron chi connectivity index (χ0n) is 8.98. The van der Waals surface area contributed by atoms with Gasteiger partial charge in [0, 0.05) is 12.4 Å². The molecular weight excluding hydrogens is 214 g/mol. The maximum atomic E-state index is 4.31. The van der Waals surface area contributed by atoms with E-state index in [0.29, 0.717) is 0 Å². The summed E-state index contributed by atoms with van der Waals surface area (Å²) < 4.78 is 1.88. The van der Waals surface area contributed by atoms with Crippen molar-refractivity contribution in [3.63, 3.8) is 0 Å². The lowest BCUT2D eigenvalue weighted by atomic mass is 10.3. The minimum atomic E-state index is 0.745. The Balaban J connectivity index is 2.22. The van der Waals surface area contributed by atoms with Crippen LogP contribution in [0.3, 0.4) is 0 Å².